The Morgan fingerprint density at radius 1 is 1.16 bits per heavy atom. The first-order chi connectivity index (χ1) is 11.8. The van der Waals surface area contributed by atoms with Gasteiger partial charge in [-0.2, -0.15) is 13.2 Å². The van der Waals surface area contributed by atoms with E-state index in [9.17, 15) is 22.8 Å². The number of hydrogen-bond donors (Lipinski definition) is 1. The average molecular weight is 347 g/mol. The summed E-state index contributed by atoms with van der Waals surface area (Å²) < 4.78 is 43.3. The molecule has 1 N–H and O–H groups in total. The number of allylic oxidation sites excluding steroid dienone is 1. The van der Waals surface area contributed by atoms with Gasteiger partial charge in [-0.05, 0) is 42.0 Å². The molecule has 3 rings (SSSR count). The van der Waals surface area contributed by atoms with Gasteiger partial charge in [0.25, 0.3) is 5.91 Å². The molecule has 0 bridgehead atoms. The Morgan fingerprint density at radius 3 is 2.72 bits per heavy atom. The van der Waals surface area contributed by atoms with Crippen molar-refractivity contribution >= 4 is 23.5 Å². The van der Waals surface area contributed by atoms with Gasteiger partial charge < -0.3 is 10.1 Å². The van der Waals surface area contributed by atoms with Crippen LogP contribution in [0.2, 0.25) is 0 Å². The van der Waals surface area contributed by atoms with E-state index in [1.54, 1.807) is 6.07 Å². The number of benzene rings is 2. The molecule has 0 radical (unpaired) electrons. The average Bonchev–Trinajstić information content (AvgIpc) is 2.58. The van der Waals surface area contributed by atoms with Crippen LogP contribution in [0.4, 0.5) is 18.9 Å². The third-order valence-corrected chi connectivity index (χ3v) is 3.54. The van der Waals surface area contributed by atoms with Crippen molar-refractivity contribution in [2.24, 2.45) is 0 Å². The van der Waals surface area contributed by atoms with Gasteiger partial charge >= 0.3 is 6.18 Å². The van der Waals surface area contributed by atoms with Crippen molar-refractivity contribution in [3.8, 4) is 5.75 Å². The minimum absolute atomic E-state index is 0.0876. The lowest BCUT2D eigenvalue weighted by Crippen LogP contribution is -2.25. The highest BCUT2D eigenvalue weighted by molar-refractivity contribution is 6.08. The predicted molar refractivity (Wildman–Crippen MR) is 85.4 cm³/mol. The fourth-order valence-corrected chi connectivity index (χ4v) is 2.32. The lowest BCUT2D eigenvalue weighted by Gasteiger charge is -2.17. The second-order valence-electron chi connectivity index (χ2n) is 5.37. The summed E-state index contributed by atoms with van der Waals surface area (Å²) in [5.74, 6) is -0.269. The van der Waals surface area contributed by atoms with E-state index in [2.05, 4.69) is 5.32 Å². The van der Waals surface area contributed by atoms with Crippen molar-refractivity contribution in [3.05, 3.63) is 65.2 Å². The predicted octanol–water partition coefficient (Wildman–Crippen LogP) is 3.93. The molecular weight excluding hydrogens is 335 g/mol. The Labute approximate surface area is 140 Å². The number of nitrogens with one attached hydrogen (secondary N) is 1. The van der Waals surface area contributed by atoms with Gasteiger partial charge in [-0.1, -0.05) is 18.2 Å². The fraction of sp³-hybridized carbons (Fsp3) is 0.111. The van der Waals surface area contributed by atoms with E-state index in [1.807, 2.05) is 0 Å². The van der Waals surface area contributed by atoms with E-state index in [0.29, 0.717) is 11.4 Å². The van der Waals surface area contributed by atoms with Crippen LogP contribution < -0.4 is 10.1 Å². The number of carbonyl (C=O) groups excluding carboxylic acids is 2. The molecule has 1 heterocycles. The van der Waals surface area contributed by atoms with Crippen LogP contribution >= 0.6 is 0 Å². The largest absolute Gasteiger partial charge is 0.482 e. The van der Waals surface area contributed by atoms with Crippen LogP contribution in [0.3, 0.4) is 0 Å². The van der Waals surface area contributed by atoms with E-state index in [0.717, 1.165) is 12.1 Å². The summed E-state index contributed by atoms with van der Waals surface area (Å²) in [6, 6.07) is 9.22. The summed E-state index contributed by atoms with van der Waals surface area (Å²) in [6.07, 6.45) is -1.95. The van der Waals surface area contributed by atoms with Crippen molar-refractivity contribution in [1.29, 1.82) is 0 Å². The summed E-state index contributed by atoms with van der Waals surface area (Å²) in [4.78, 5) is 23.5. The zero-order chi connectivity index (χ0) is 18.0. The molecule has 25 heavy (non-hydrogen) atoms. The number of ether oxygens (including phenoxy) is 1. The number of anilines is 1. The quantitative estimate of drug-likeness (QED) is 0.676. The highest BCUT2D eigenvalue weighted by Crippen LogP contribution is 2.30. The molecule has 0 atom stereocenters. The van der Waals surface area contributed by atoms with Gasteiger partial charge in [0.05, 0.1) is 11.3 Å². The number of ketones is 1. The highest BCUT2D eigenvalue weighted by Gasteiger charge is 2.30. The second kappa shape index (κ2) is 6.43. The summed E-state index contributed by atoms with van der Waals surface area (Å²) in [5, 5.41) is 2.59. The van der Waals surface area contributed by atoms with Crippen LogP contribution in [-0.2, 0) is 11.0 Å². The number of rotatable bonds is 3. The lowest BCUT2D eigenvalue weighted by atomic mass is 10.1. The Balaban J connectivity index is 1.80. The third kappa shape index (κ3) is 3.88. The molecule has 0 fully saturated rings. The number of halogens is 3. The van der Waals surface area contributed by atoms with E-state index in [1.165, 1.54) is 36.4 Å². The molecule has 7 heteroatoms. The molecule has 0 aromatic heterocycles. The Morgan fingerprint density at radius 2 is 1.96 bits per heavy atom. The van der Waals surface area contributed by atoms with Crippen LogP contribution in [0.15, 0.2) is 48.5 Å². The Kier molecular flexibility index (Phi) is 4.31. The fourth-order valence-electron chi connectivity index (χ4n) is 2.32. The van der Waals surface area contributed by atoms with Crippen LogP contribution in [0.25, 0.3) is 6.08 Å². The smallest absolute Gasteiger partial charge is 0.416 e. The maximum Gasteiger partial charge on any atom is 0.416 e. The first-order valence-corrected chi connectivity index (χ1v) is 7.29. The summed E-state index contributed by atoms with van der Waals surface area (Å²) in [6.45, 7) is -0.0876. The molecule has 0 saturated carbocycles. The maximum atomic E-state index is 12.7. The topological polar surface area (TPSA) is 55.4 Å². The van der Waals surface area contributed by atoms with Gasteiger partial charge in [0.2, 0.25) is 0 Å². The van der Waals surface area contributed by atoms with Crippen LogP contribution in [0, 0.1) is 0 Å². The van der Waals surface area contributed by atoms with Crippen molar-refractivity contribution in [1.82, 2.24) is 0 Å². The molecule has 1 aliphatic rings. The van der Waals surface area contributed by atoms with Crippen molar-refractivity contribution in [3.63, 3.8) is 0 Å². The van der Waals surface area contributed by atoms with Gasteiger partial charge in [0.15, 0.2) is 12.4 Å². The minimum Gasteiger partial charge on any atom is -0.482 e. The van der Waals surface area contributed by atoms with Gasteiger partial charge in [-0.15, -0.1) is 0 Å². The monoisotopic (exact) mass is 347 g/mol. The molecule has 0 saturated heterocycles. The van der Waals surface area contributed by atoms with Gasteiger partial charge in [0.1, 0.15) is 5.75 Å². The van der Waals surface area contributed by atoms with Gasteiger partial charge in [-0.3, -0.25) is 9.59 Å². The molecule has 2 aromatic rings. The Bertz CT molecular complexity index is 872. The number of hydrogen-bond acceptors (Lipinski definition) is 3. The van der Waals surface area contributed by atoms with Gasteiger partial charge in [-0.25, -0.2) is 0 Å². The third-order valence-electron chi connectivity index (χ3n) is 3.54. The molecular formula is C18H12F3NO3. The number of carbonyl (C=O) groups is 2. The Hall–Kier alpha value is -3.09. The van der Waals surface area contributed by atoms with Crippen molar-refractivity contribution in [2.75, 3.05) is 11.9 Å². The first kappa shape index (κ1) is 16.8. The molecule has 128 valence electrons. The van der Waals surface area contributed by atoms with E-state index >= 15 is 0 Å². The normalized spacial score (nSPS) is 14.0. The second-order valence-corrected chi connectivity index (χ2v) is 5.37. The maximum absolute atomic E-state index is 12.7. The van der Waals surface area contributed by atoms with Crippen LogP contribution in [0.1, 0.15) is 21.5 Å². The summed E-state index contributed by atoms with van der Waals surface area (Å²) >= 11 is 0. The molecule has 0 spiro atoms. The molecule has 0 aliphatic carbocycles. The van der Waals surface area contributed by atoms with E-state index < -0.39 is 17.5 Å². The summed E-state index contributed by atoms with van der Waals surface area (Å²) in [5.41, 5.74) is 0.149. The summed E-state index contributed by atoms with van der Waals surface area (Å²) in [7, 11) is 0. The lowest BCUT2D eigenvalue weighted by molar-refractivity contribution is -0.137. The van der Waals surface area contributed by atoms with E-state index in [-0.39, 0.29) is 23.6 Å². The molecule has 2 aromatic carbocycles. The minimum atomic E-state index is -4.44. The van der Waals surface area contributed by atoms with Crippen molar-refractivity contribution in [2.45, 2.75) is 6.18 Å². The SMILES string of the molecule is O=C1COc2ccc(C(=O)C=Cc3cccc(C(F)(F)F)c3)cc2N1. The number of amides is 1. The number of fused-ring (bicyclic) bond motifs is 1. The molecule has 1 amide bonds. The molecule has 4 nitrogen and oxygen atoms in total. The first-order valence-electron chi connectivity index (χ1n) is 7.29. The zero-order valence-corrected chi connectivity index (χ0v) is 12.8. The highest BCUT2D eigenvalue weighted by atomic mass is 19.4. The zero-order valence-electron chi connectivity index (χ0n) is 12.8. The van der Waals surface area contributed by atoms with Crippen molar-refractivity contribution < 1.29 is 27.5 Å². The van der Waals surface area contributed by atoms with E-state index in [4.69, 9.17) is 4.74 Å². The number of alkyl halides is 3. The van der Waals surface area contributed by atoms with Gasteiger partial charge in [0, 0.05) is 5.56 Å². The van der Waals surface area contributed by atoms with Crippen LogP contribution in [-0.4, -0.2) is 18.3 Å². The molecule has 1 aliphatic heterocycles. The molecule has 0 unspecified atom stereocenters. The standard InChI is InChI=1S/C18H12F3NO3/c19-18(20,21)13-3-1-2-11(8-13)4-6-15(23)12-5-7-16-14(9-12)22-17(24)10-25-16/h1-9H,10H2,(H,22,24). The van der Waals surface area contributed by atoms with Crippen LogP contribution in [0.5, 0.6) is 5.75 Å².